The van der Waals surface area contributed by atoms with Gasteiger partial charge in [-0.15, -0.1) is 12.4 Å². The van der Waals surface area contributed by atoms with Crippen molar-refractivity contribution in [3.05, 3.63) is 34.3 Å². The summed E-state index contributed by atoms with van der Waals surface area (Å²) in [7, 11) is 0. The van der Waals surface area contributed by atoms with Gasteiger partial charge < -0.3 is 10.6 Å². The molecule has 3 nitrogen and oxygen atoms in total. The molecule has 1 aromatic carbocycles. The second-order valence-electron chi connectivity index (χ2n) is 5.01. The van der Waals surface area contributed by atoms with Crippen molar-refractivity contribution in [2.45, 2.75) is 38.8 Å². The maximum absolute atomic E-state index is 12.2. The van der Waals surface area contributed by atoms with Gasteiger partial charge in [-0.05, 0) is 50.9 Å². The summed E-state index contributed by atoms with van der Waals surface area (Å²) < 4.78 is 0. The van der Waals surface area contributed by atoms with Gasteiger partial charge in [0.15, 0.2) is 0 Å². The number of amides is 1. The van der Waals surface area contributed by atoms with Gasteiger partial charge in [0.25, 0.3) is 5.91 Å². The van der Waals surface area contributed by atoms with Crippen molar-refractivity contribution in [3.8, 4) is 0 Å². The van der Waals surface area contributed by atoms with Gasteiger partial charge in [0.05, 0.1) is 0 Å². The van der Waals surface area contributed by atoms with Gasteiger partial charge in [-0.25, -0.2) is 0 Å². The minimum Gasteiger partial charge on any atom is -0.349 e. The van der Waals surface area contributed by atoms with E-state index in [1.165, 1.54) is 0 Å². The van der Waals surface area contributed by atoms with Crippen molar-refractivity contribution in [3.63, 3.8) is 0 Å². The monoisotopic (exact) mass is 302 g/mol. The van der Waals surface area contributed by atoms with Crippen LogP contribution >= 0.6 is 24.0 Å². The standard InChI is InChI=1S/C14H19ClN2O.ClH/c1-9-3-4-11(15)8-13(9)14(18)17-12-5-6-16-10(2)7-12;/h3-4,8,10,12,16H,5-7H2,1-2H3,(H,17,18);1H. The summed E-state index contributed by atoms with van der Waals surface area (Å²) in [6, 6.07) is 6.14. The number of rotatable bonds is 2. The third kappa shape index (κ3) is 4.37. The first-order valence-electron chi connectivity index (χ1n) is 6.36. The van der Waals surface area contributed by atoms with Gasteiger partial charge >= 0.3 is 0 Å². The molecule has 2 rings (SSSR count). The first kappa shape index (κ1) is 16.3. The van der Waals surface area contributed by atoms with Gasteiger partial charge in [-0.1, -0.05) is 17.7 Å². The summed E-state index contributed by atoms with van der Waals surface area (Å²) in [5, 5.41) is 7.07. The fraction of sp³-hybridized carbons (Fsp3) is 0.500. The van der Waals surface area contributed by atoms with Crippen molar-refractivity contribution < 1.29 is 4.79 Å². The zero-order chi connectivity index (χ0) is 13.1. The molecule has 2 atom stereocenters. The Morgan fingerprint density at radius 1 is 1.47 bits per heavy atom. The van der Waals surface area contributed by atoms with E-state index in [9.17, 15) is 4.79 Å². The molecule has 0 spiro atoms. The number of carbonyl (C=O) groups is 1. The van der Waals surface area contributed by atoms with E-state index in [4.69, 9.17) is 11.6 Å². The summed E-state index contributed by atoms with van der Waals surface area (Å²) >= 11 is 5.94. The zero-order valence-corrected chi connectivity index (χ0v) is 12.8. The predicted octanol–water partition coefficient (Wildman–Crippen LogP) is 2.94. The van der Waals surface area contributed by atoms with Crippen LogP contribution in [-0.2, 0) is 0 Å². The molecule has 1 fully saturated rings. The van der Waals surface area contributed by atoms with Gasteiger partial charge in [-0.3, -0.25) is 4.79 Å². The van der Waals surface area contributed by atoms with Gasteiger partial charge in [0.2, 0.25) is 0 Å². The lowest BCUT2D eigenvalue weighted by Crippen LogP contribution is -2.46. The Balaban J connectivity index is 0.00000180. The topological polar surface area (TPSA) is 41.1 Å². The Kier molecular flexibility index (Phi) is 6.11. The molecule has 1 aliphatic rings. The molecule has 19 heavy (non-hydrogen) atoms. The number of carbonyl (C=O) groups excluding carboxylic acids is 1. The maximum atomic E-state index is 12.2. The summed E-state index contributed by atoms with van der Waals surface area (Å²) in [6.07, 6.45) is 1.96. The molecule has 0 radical (unpaired) electrons. The van der Waals surface area contributed by atoms with Crippen LogP contribution in [0.2, 0.25) is 5.02 Å². The molecule has 1 aliphatic heterocycles. The highest BCUT2D eigenvalue weighted by Crippen LogP contribution is 2.16. The van der Waals surface area contributed by atoms with E-state index in [1.807, 2.05) is 13.0 Å². The van der Waals surface area contributed by atoms with E-state index in [-0.39, 0.29) is 24.4 Å². The molecule has 1 amide bonds. The Morgan fingerprint density at radius 3 is 2.89 bits per heavy atom. The normalized spacial score (nSPS) is 22.5. The van der Waals surface area contributed by atoms with Crippen LogP contribution in [0.4, 0.5) is 0 Å². The molecule has 0 bridgehead atoms. The molecular formula is C14H20Cl2N2O. The quantitative estimate of drug-likeness (QED) is 0.882. The van der Waals surface area contributed by atoms with E-state index in [1.54, 1.807) is 12.1 Å². The van der Waals surface area contributed by atoms with Crippen LogP contribution in [0.5, 0.6) is 0 Å². The fourth-order valence-electron chi connectivity index (χ4n) is 2.37. The minimum absolute atomic E-state index is 0. The van der Waals surface area contributed by atoms with E-state index in [2.05, 4.69) is 17.6 Å². The SMILES string of the molecule is Cc1ccc(Cl)cc1C(=O)NC1CCNC(C)C1.Cl. The number of piperidine rings is 1. The fourth-order valence-corrected chi connectivity index (χ4v) is 2.54. The molecule has 106 valence electrons. The second kappa shape index (κ2) is 7.13. The molecule has 1 saturated heterocycles. The van der Waals surface area contributed by atoms with Crippen LogP contribution in [0.15, 0.2) is 18.2 Å². The van der Waals surface area contributed by atoms with Crippen LogP contribution in [-0.4, -0.2) is 24.5 Å². The molecule has 2 unspecified atom stereocenters. The first-order chi connectivity index (χ1) is 8.56. The van der Waals surface area contributed by atoms with E-state index in [0.717, 1.165) is 24.9 Å². The van der Waals surface area contributed by atoms with E-state index in [0.29, 0.717) is 16.6 Å². The van der Waals surface area contributed by atoms with Crippen molar-refractivity contribution >= 4 is 29.9 Å². The van der Waals surface area contributed by atoms with Crippen LogP contribution < -0.4 is 10.6 Å². The smallest absolute Gasteiger partial charge is 0.251 e. The highest BCUT2D eigenvalue weighted by atomic mass is 35.5. The summed E-state index contributed by atoms with van der Waals surface area (Å²) in [4.78, 5) is 12.2. The van der Waals surface area contributed by atoms with Gasteiger partial charge in [-0.2, -0.15) is 0 Å². The number of aryl methyl sites for hydroxylation is 1. The third-order valence-electron chi connectivity index (χ3n) is 3.40. The lowest BCUT2D eigenvalue weighted by atomic mass is 9.99. The van der Waals surface area contributed by atoms with Crippen molar-refractivity contribution in [1.29, 1.82) is 0 Å². The molecule has 0 aliphatic carbocycles. The molecule has 2 N–H and O–H groups in total. The molecule has 1 aromatic rings. The predicted molar refractivity (Wildman–Crippen MR) is 81.4 cm³/mol. The van der Waals surface area contributed by atoms with Crippen molar-refractivity contribution in [2.75, 3.05) is 6.54 Å². The van der Waals surface area contributed by atoms with Gasteiger partial charge in [0.1, 0.15) is 0 Å². The second-order valence-corrected chi connectivity index (χ2v) is 5.45. The zero-order valence-electron chi connectivity index (χ0n) is 11.2. The number of halogens is 2. The van der Waals surface area contributed by atoms with Crippen LogP contribution in [0.25, 0.3) is 0 Å². The summed E-state index contributed by atoms with van der Waals surface area (Å²) in [6.45, 7) is 5.03. The van der Waals surface area contributed by atoms with Crippen LogP contribution in [0.1, 0.15) is 35.7 Å². The molecule has 0 saturated carbocycles. The largest absolute Gasteiger partial charge is 0.349 e. The number of hydrogen-bond acceptors (Lipinski definition) is 2. The molecular weight excluding hydrogens is 283 g/mol. The summed E-state index contributed by atoms with van der Waals surface area (Å²) in [5.41, 5.74) is 1.63. The van der Waals surface area contributed by atoms with Crippen molar-refractivity contribution in [2.24, 2.45) is 0 Å². The number of benzene rings is 1. The minimum atomic E-state index is -0.0194. The Morgan fingerprint density at radius 2 is 2.21 bits per heavy atom. The highest BCUT2D eigenvalue weighted by Gasteiger charge is 2.21. The molecule has 1 heterocycles. The first-order valence-corrected chi connectivity index (χ1v) is 6.74. The van der Waals surface area contributed by atoms with Crippen LogP contribution in [0, 0.1) is 6.92 Å². The van der Waals surface area contributed by atoms with E-state index < -0.39 is 0 Å². The maximum Gasteiger partial charge on any atom is 0.251 e. The molecule has 5 heteroatoms. The average molecular weight is 303 g/mol. The van der Waals surface area contributed by atoms with Crippen molar-refractivity contribution in [1.82, 2.24) is 10.6 Å². The number of hydrogen-bond donors (Lipinski definition) is 2. The number of nitrogens with one attached hydrogen (secondary N) is 2. The molecule has 0 aromatic heterocycles. The Labute approximate surface area is 125 Å². The highest BCUT2D eigenvalue weighted by molar-refractivity contribution is 6.31. The van der Waals surface area contributed by atoms with E-state index >= 15 is 0 Å². The Hall–Kier alpha value is -0.770. The third-order valence-corrected chi connectivity index (χ3v) is 3.64. The Bertz CT molecular complexity index is 451. The van der Waals surface area contributed by atoms with Crippen LogP contribution in [0.3, 0.4) is 0 Å². The summed E-state index contributed by atoms with van der Waals surface area (Å²) in [5.74, 6) is -0.0194. The lowest BCUT2D eigenvalue weighted by molar-refractivity contribution is 0.0925. The average Bonchev–Trinajstić information content (AvgIpc) is 2.32. The lowest BCUT2D eigenvalue weighted by Gasteiger charge is -2.28. The van der Waals surface area contributed by atoms with Gasteiger partial charge in [0, 0.05) is 22.7 Å².